The number of carbonyl (C=O) groups excluding carboxylic acids is 1. The summed E-state index contributed by atoms with van der Waals surface area (Å²) >= 11 is 0. The molecule has 0 radical (unpaired) electrons. The van der Waals surface area contributed by atoms with Crippen LogP contribution in [0, 0.1) is 5.92 Å². The van der Waals surface area contributed by atoms with Gasteiger partial charge in [-0.2, -0.15) is 0 Å². The summed E-state index contributed by atoms with van der Waals surface area (Å²) in [6, 6.07) is 0.540. The Hall–Kier alpha value is -0.610. The predicted octanol–water partition coefficient (Wildman–Crippen LogP) is 1.61. The minimum absolute atomic E-state index is 0.00591. The van der Waals surface area contributed by atoms with Gasteiger partial charge in [-0.25, -0.2) is 0 Å². The molecule has 2 unspecified atom stereocenters. The maximum Gasteiger partial charge on any atom is 0.237 e. The Kier molecular flexibility index (Phi) is 7.39. The van der Waals surface area contributed by atoms with Crippen LogP contribution in [-0.4, -0.2) is 49.1 Å². The number of likely N-dealkylation sites (N-methyl/N-ethyl adjacent to an activating group) is 1. The topological polar surface area (TPSA) is 44.4 Å². The number of amides is 1. The molecule has 1 aliphatic heterocycles. The second-order valence-electron chi connectivity index (χ2n) is 6.04. The van der Waals surface area contributed by atoms with Crippen LogP contribution in [-0.2, 0) is 4.79 Å². The summed E-state index contributed by atoms with van der Waals surface area (Å²) in [7, 11) is 0. The van der Waals surface area contributed by atoms with E-state index in [1.54, 1.807) is 0 Å². The largest absolute Gasteiger partial charge is 0.355 e. The number of hydrogen-bond acceptors (Lipinski definition) is 3. The Morgan fingerprint density at radius 3 is 2.74 bits per heavy atom. The standard InChI is InChI=1S/C15H31N3O/c1-5-16-14-7-6-10-18(11-14)13(4)15(19)17-9-8-12(2)3/h12-14,16H,5-11H2,1-4H3,(H,17,19). The minimum Gasteiger partial charge on any atom is -0.355 e. The summed E-state index contributed by atoms with van der Waals surface area (Å²) < 4.78 is 0. The van der Waals surface area contributed by atoms with Gasteiger partial charge in [-0.1, -0.05) is 20.8 Å². The number of hydrogen-bond donors (Lipinski definition) is 2. The van der Waals surface area contributed by atoms with Crippen LogP contribution in [0.4, 0.5) is 0 Å². The van der Waals surface area contributed by atoms with Gasteiger partial charge in [0.05, 0.1) is 6.04 Å². The summed E-state index contributed by atoms with van der Waals surface area (Å²) in [6.45, 7) is 12.4. The molecule has 1 amide bonds. The monoisotopic (exact) mass is 269 g/mol. The minimum atomic E-state index is -0.00591. The third-order valence-corrected chi connectivity index (χ3v) is 3.89. The molecule has 2 N–H and O–H groups in total. The molecule has 1 aliphatic rings. The van der Waals surface area contributed by atoms with E-state index in [9.17, 15) is 4.79 Å². The van der Waals surface area contributed by atoms with Crippen LogP contribution in [0.3, 0.4) is 0 Å². The van der Waals surface area contributed by atoms with Gasteiger partial charge < -0.3 is 10.6 Å². The number of carbonyl (C=O) groups is 1. The molecular formula is C15H31N3O. The van der Waals surface area contributed by atoms with E-state index >= 15 is 0 Å². The molecule has 1 heterocycles. The summed E-state index contributed by atoms with van der Waals surface area (Å²) in [4.78, 5) is 14.4. The van der Waals surface area contributed by atoms with E-state index in [1.807, 2.05) is 6.92 Å². The lowest BCUT2D eigenvalue weighted by atomic mass is 10.0. The molecule has 4 nitrogen and oxygen atoms in total. The van der Waals surface area contributed by atoms with Crippen molar-refractivity contribution in [3.05, 3.63) is 0 Å². The van der Waals surface area contributed by atoms with Crippen LogP contribution < -0.4 is 10.6 Å². The lowest BCUT2D eigenvalue weighted by Crippen LogP contribution is -2.53. The van der Waals surface area contributed by atoms with Crippen LogP contribution in [0.15, 0.2) is 0 Å². The van der Waals surface area contributed by atoms with Crippen molar-refractivity contribution in [3.63, 3.8) is 0 Å². The molecule has 1 saturated heterocycles. The van der Waals surface area contributed by atoms with Crippen molar-refractivity contribution in [2.45, 2.75) is 59.0 Å². The van der Waals surface area contributed by atoms with Crippen molar-refractivity contribution >= 4 is 5.91 Å². The first kappa shape index (κ1) is 16.4. The van der Waals surface area contributed by atoms with Gasteiger partial charge in [0.2, 0.25) is 5.91 Å². The number of piperidine rings is 1. The van der Waals surface area contributed by atoms with Gasteiger partial charge in [-0.15, -0.1) is 0 Å². The molecule has 0 bridgehead atoms. The molecule has 0 aromatic carbocycles. The highest BCUT2D eigenvalue weighted by atomic mass is 16.2. The highest BCUT2D eigenvalue weighted by Gasteiger charge is 2.26. The Bertz CT molecular complexity index is 266. The highest BCUT2D eigenvalue weighted by Crippen LogP contribution is 2.13. The number of nitrogens with one attached hydrogen (secondary N) is 2. The fourth-order valence-electron chi connectivity index (χ4n) is 2.61. The van der Waals surface area contributed by atoms with E-state index in [4.69, 9.17) is 0 Å². The molecule has 1 rings (SSSR count). The molecule has 0 saturated carbocycles. The molecule has 0 aromatic rings. The number of rotatable bonds is 7. The molecule has 0 aromatic heterocycles. The average Bonchev–Trinajstić information content (AvgIpc) is 2.38. The Morgan fingerprint density at radius 2 is 2.11 bits per heavy atom. The molecule has 1 fully saturated rings. The van der Waals surface area contributed by atoms with Crippen LogP contribution in [0.2, 0.25) is 0 Å². The van der Waals surface area contributed by atoms with Crippen molar-refractivity contribution in [3.8, 4) is 0 Å². The first-order valence-corrected chi connectivity index (χ1v) is 7.79. The zero-order chi connectivity index (χ0) is 14.3. The number of nitrogens with zero attached hydrogens (tertiary/aromatic N) is 1. The molecule has 4 heteroatoms. The van der Waals surface area contributed by atoms with Gasteiger partial charge in [0.25, 0.3) is 0 Å². The summed E-state index contributed by atoms with van der Waals surface area (Å²) in [5.74, 6) is 0.821. The van der Waals surface area contributed by atoms with Gasteiger partial charge in [0, 0.05) is 19.1 Å². The van der Waals surface area contributed by atoms with Crippen molar-refractivity contribution in [1.82, 2.24) is 15.5 Å². The average molecular weight is 269 g/mol. The third-order valence-electron chi connectivity index (χ3n) is 3.89. The fourth-order valence-corrected chi connectivity index (χ4v) is 2.61. The van der Waals surface area contributed by atoms with Gasteiger partial charge in [-0.3, -0.25) is 9.69 Å². The van der Waals surface area contributed by atoms with Crippen molar-refractivity contribution in [2.24, 2.45) is 5.92 Å². The van der Waals surface area contributed by atoms with E-state index in [0.29, 0.717) is 12.0 Å². The summed E-state index contributed by atoms with van der Waals surface area (Å²) in [5, 5.41) is 6.55. The second-order valence-corrected chi connectivity index (χ2v) is 6.04. The zero-order valence-electron chi connectivity index (χ0n) is 13.0. The first-order valence-electron chi connectivity index (χ1n) is 7.79. The maximum atomic E-state index is 12.1. The molecule has 0 aliphatic carbocycles. The van der Waals surface area contributed by atoms with E-state index in [-0.39, 0.29) is 11.9 Å². The van der Waals surface area contributed by atoms with E-state index in [2.05, 4.69) is 36.3 Å². The van der Waals surface area contributed by atoms with Crippen molar-refractivity contribution < 1.29 is 4.79 Å². The molecule has 112 valence electrons. The SMILES string of the molecule is CCNC1CCCN(C(C)C(=O)NCCC(C)C)C1. The molecular weight excluding hydrogens is 238 g/mol. The van der Waals surface area contributed by atoms with E-state index in [0.717, 1.165) is 32.6 Å². The molecule has 0 spiro atoms. The predicted molar refractivity (Wildman–Crippen MR) is 80.2 cm³/mol. The van der Waals surface area contributed by atoms with Crippen molar-refractivity contribution in [2.75, 3.05) is 26.2 Å². The van der Waals surface area contributed by atoms with Crippen LogP contribution in [0.1, 0.15) is 47.0 Å². The smallest absolute Gasteiger partial charge is 0.237 e. The Balaban J connectivity index is 2.34. The zero-order valence-corrected chi connectivity index (χ0v) is 13.0. The maximum absolute atomic E-state index is 12.1. The van der Waals surface area contributed by atoms with Crippen LogP contribution in [0.25, 0.3) is 0 Å². The first-order chi connectivity index (χ1) is 9.04. The highest BCUT2D eigenvalue weighted by molar-refractivity contribution is 5.81. The lowest BCUT2D eigenvalue weighted by Gasteiger charge is -2.36. The fraction of sp³-hybridized carbons (Fsp3) is 0.933. The Morgan fingerprint density at radius 1 is 1.37 bits per heavy atom. The Labute approximate surface area is 118 Å². The number of likely N-dealkylation sites (tertiary alicyclic amines) is 1. The molecule has 2 atom stereocenters. The van der Waals surface area contributed by atoms with Gasteiger partial charge in [0.1, 0.15) is 0 Å². The van der Waals surface area contributed by atoms with E-state index < -0.39 is 0 Å². The normalized spacial score (nSPS) is 22.5. The van der Waals surface area contributed by atoms with Gasteiger partial charge >= 0.3 is 0 Å². The van der Waals surface area contributed by atoms with Crippen LogP contribution in [0.5, 0.6) is 0 Å². The lowest BCUT2D eigenvalue weighted by molar-refractivity contribution is -0.126. The second kappa shape index (κ2) is 8.54. The quantitative estimate of drug-likeness (QED) is 0.738. The van der Waals surface area contributed by atoms with E-state index in [1.165, 1.54) is 12.8 Å². The third kappa shape index (κ3) is 5.91. The van der Waals surface area contributed by atoms with Crippen molar-refractivity contribution in [1.29, 1.82) is 0 Å². The summed E-state index contributed by atoms with van der Waals surface area (Å²) in [5.41, 5.74) is 0. The van der Waals surface area contributed by atoms with Crippen LogP contribution >= 0.6 is 0 Å². The van der Waals surface area contributed by atoms with Gasteiger partial charge in [0.15, 0.2) is 0 Å². The van der Waals surface area contributed by atoms with Gasteiger partial charge in [-0.05, 0) is 45.2 Å². The molecule has 19 heavy (non-hydrogen) atoms. The summed E-state index contributed by atoms with van der Waals surface area (Å²) in [6.07, 6.45) is 3.46.